The smallest absolute Gasteiger partial charge is 0.117 e. The van der Waals surface area contributed by atoms with Crippen LogP contribution in [0.3, 0.4) is 0 Å². The van der Waals surface area contributed by atoms with Crippen molar-refractivity contribution in [2.75, 3.05) is 5.73 Å². The Morgan fingerprint density at radius 3 is 2.80 bits per heavy atom. The number of aryl methyl sites for hydroxylation is 1. The molecular weight excluding hydrogens is 334 g/mol. The lowest BCUT2D eigenvalue weighted by atomic mass is 10.2. The fraction of sp³-hybridized carbons (Fsp3) is 0.0667. The summed E-state index contributed by atoms with van der Waals surface area (Å²) < 4.78 is 0.980. The lowest BCUT2D eigenvalue weighted by Gasteiger charge is -2.09. The molecular formula is C15H12BrN3S. The summed E-state index contributed by atoms with van der Waals surface area (Å²) in [5.74, 6) is 0. The predicted octanol–water partition coefficient (Wildman–Crippen LogP) is 4.43. The molecule has 1 heterocycles. The number of benzene rings is 2. The zero-order valence-corrected chi connectivity index (χ0v) is 13.2. The van der Waals surface area contributed by atoms with Gasteiger partial charge in [0.1, 0.15) is 11.4 Å². The van der Waals surface area contributed by atoms with E-state index in [2.05, 4.69) is 32.0 Å². The first-order valence-corrected chi connectivity index (χ1v) is 7.69. The van der Waals surface area contributed by atoms with Crippen LogP contribution in [0.1, 0.15) is 5.56 Å². The van der Waals surface area contributed by atoms with Crippen LogP contribution in [0.2, 0.25) is 0 Å². The van der Waals surface area contributed by atoms with Crippen molar-refractivity contribution in [3.63, 3.8) is 0 Å². The van der Waals surface area contributed by atoms with E-state index < -0.39 is 0 Å². The van der Waals surface area contributed by atoms with Gasteiger partial charge in [0.25, 0.3) is 0 Å². The molecule has 0 atom stereocenters. The number of aromatic nitrogens is 2. The quantitative estimate of drug-likeness (QED) is 0.551. The van der Waals surface area contributed by atoms with Gasteiger partial charge in [0.15, 0.2) is 0 Å². The highest BCUT2D eigenvalue weighted by atomic mass is 79.9. The summed E-state index contributed by atoms with van der Waals surface area (Å²) >= 11 is 5.17. The molecule has 2 aromatic carbocycles. The number of fused-ring (bicyclic) bond motifs is 1. The Bertz CT molecular complexity index is 784. The molecule has 0 aliphatic rings. The molecule has 100 valence electrons. The number of hydrogen-bond donors (Lipinski definition) is 1. The summed E-state index contributed by atoms with van der Waals surface area (Å²) in [7, 11) is 0. The molecule has 3 aromatic rings. The number of nitrogen functional groups attached to an aromatic ring is 1. The van der Waals surface area contributed by atoms with Crippen LogP contribution in [0.15, 0.2) is 57.1 Å². The first-order valence-electron chi connectivity index (χ1n) is 6.08. The SMILES string of the molecule is Cc1cc(Sc2ncnc3ccccc23)c(Br)cc1N. The van der Waals surface area contributed by atoms with Crippen molar-refractivity contribution < 1.29 is 0 Å². The van der Waals surface area contributed by atoms with Gasteiger partial charge in [0.2, 0.25) is 0 Å². The van der Waals surface area contributed by atoms with Crippen LogP contribution in [0.25, 0.3) is 10.9 Å². The molecule has 0 aliphatic carbocycles. The minimum Gasteiger partial charge on any atom is -0.398 e. The first-order chi connectivity index (χ1) is 9.65. The van der Waals surface area contributed by atoms with Crippen LogP contribution in [-0.4, -0.2) is 9.97 Å². The second kappa shape index (κ2) is 5.42. The molecule has 0 fully saturated rings. The molecule has 0 amide bonds. The Kier molecular flexibility index (Phi) is 3.63. The monoisotopic (exact) mass is 345 g/mol. The van der Waals surface area contributed by atoms with Crippen molar-refractivity contribution in [3.8, 4) is 0 Å². The van der Waals surface area contributed by atoms with Crippen LogP contribution in [0.4, 0.5) is 5.69 Å². The van der Waals surface area contributed by atoms with E-state index in [9.17, 15) is 0 Å². The van der Waals surface area contributed by atoms with Gasteiger partial charge >= 0.3 is 0 Å². The van der Waals surface area contributed by atoms with Gasteiger partial charge in [-0.1, -0.05) is 30.0 Å². The first kappa shape index (κ1) is 13.4. The topological polar surface area (TPSA) is 51.8 Å². The maximum atomic E-state index is 5.91. The molecule has 2 N–H and O–H groups in total. The lowest BCUT2D eigenvalue weighted by molar-refractivity contribution is 1.10. The van der Waals surface area contributed by atoms with E-state index in [1.165, 1.54) is 0 Å². The summed E-state index contributed by atoms with van der Waals surface area (Å²) in [6, 6.07) is 12.0. The third kappa shape index (κ3) is 2.51. The van der Waals surface area contributed by atoms with E-state index in [1.54, 1.807) is 18.1 Å². The van der Waals surface area contributed by atoms with E-state index in [-0.39, 0.29) is 0 Å². The van der Waals surface area contributed by atoms with Gasteiger partial charge in [-0.25, -0.2) is 9.97 Å². The highest BCUT2D eigenvalue weighted by molar-refractivity contribution is 9.10. The second-order valence-corrected chi connectivity index (χ2v) is 6.32. The van der Waals surface area contributed by atoms with E-state index in [0.29, 0.717) is 0 Å². The molecule has 5 heteroatoms. The summed E-state index contributed by atoms with van der Waals surface area (Å²) in [5, 5.41) is 2.00. The molecule has 0 bridgehead atoms. The molecule has 3 rings (SSSR count). The number of para-hydroxylation sites is 1. The van der Waals surface area contributed by atoms with Crippen LogP contribution in [-0.2, 0) is 0 Å². The van der Waals surface area contributed by atoms with Crippen LogP contribution in [0.5, 0.6) is 0 Å². The van der Waals surface area contributed by atoms with E-state index >= 15 is 0 Å². The fourth-order valence-electron chi connectivity index (χ4n) is 1.91. The molecule has 0 unspecified atom stereocenters. The van der Waals surface area contributed by atoms with Crippen molar-refractivity contribution in [3.05, 3.63) is 52.8 Å². The van der Waals surface area contributed by atoms with E-state index in [0.717, 1.165) is 36.5 Å². The van der Waals surface area contributed by atoms with E-state index in [1.807, 2.05) is 37.3 Å². The van der Waals surface area contributed by atoms with Gasteiger partial charge in [-0.3, -0.25) is 0 Å². The van der Waals surface area contributed by atoms with Crippen LogP contribution < -0.4 is 5.73 Å². The number of nitrogens with zero attached hydrogens (tertiary/aromatic N) is 2. The number of rotatable bonds is 2. The molecule has 3 nitrogen and oxygen atoms in total. The second-order valence-electron chi connectivity index (χ2n) is 4.44. The van der Waals surface area contributed by atoms with Crippen molar-refractivity contribution in [1.29, 1.82) is 0 Å². The van der Waals surface area contributed by atoms with Crippen LogP contribution in [0, 0.1) is 6.92 Å². The van der Waals surface area contributed by atoms with Gasteiger partial charge in [0, 0.05) is 20.4 Å². The normalized spacial score (nSPS) is 10.9. The molecule has 1 aromatic heterocycles. The number of anilines is 1. The maximum absolute atomic E-state index is 5.91. The van der Waals surface area contributed by atoms with Gasteiger partial charge in [-0.05, 0) is 46.6 Å². The van der Waals surface area contributed by atoms with Crippen molar-refractivity contribution in [2.24, 2.45) is 0 Å². The Balaban J connectivity index is 2.08. The predicted molar refractivity (Wildman–Crippen MR) is 87.0 cm³/mol. The van der Waals surface area contributed by atoms with Gasteiger partial charge < -0.3 is 5.73 Å². The van der Waals surface area contributed by atoms with Gasteiger partial charge in [0.05, 0.1) is 5.52 Å². The number of halogens is 1. The average molecular weight is 346 g/mol. The fourth-order valence-corrected chi connectivity index (χ4v) is 3.50. The zero-order valence-electron chi connectivity index (χ0n) is 10.8. The van der Waals surface area contributed by atoms with E-state index in [4.69, 9.17) is 5.73 Å². The standard InChI is InChI=1S/C15H12BrN3S/c1-9-6-14(11(16)7-12(9)17)20-15-10-4-2-3-5-13(10)18-8-19-15/h2-8H,17H2,1H3. The molecule has 0 radical (unpaired) electrons. The molecule has 20 heavy (non-hydrogen) atoms. The van der Waals surface area contributed by atoms with Gasteiger partial charge in [-0.2, -0.15) is 0 Å². The third-order valence-electron chi connectivity index (χ3n) is 3.03. The maximum Gasteiger partial charge on any atom is 0.117 e. The van der Waals surface area contributed by atoms with Gasteiger partial charge in [-0.15, -0.1) is 0 Å². The van der Waals surface area contributed by atoms with Crippen LogP contribution >= 0.6 is 27.7 Å². The molecule has 0 aliphatic heterocycles. The Labute approximate surface area is 129 Å². The highest BCUT2D eigenvalue weighted by Gasteiger charge is 2.09. The zero-order chi connectivity index (χ0) is 14.1. The summed E-state index contributed by atoms with van der Waals surface area (Å²) in [4.78, 5) is 9.77. The lowest BCUT2D eigenvalue weighted by Crippen LogP contribution is -1.91. The van der Waals surface area contributed by atoms with Crippen molar-refractivity contribution in [2.45, 2.75) is 16.8 Å². The molecule has 0 spiro atoms. The number of hydrogen-bond acceptors (Lipinski definition) is 4. The Morgan fingerprint density at radius 1 is 1.15 bits per heavy atom. The largest absolute Gasteiger partial charge is 0.398 e. The summed E-state index contributed by atoms with van der Waals surface area (Å²) in [6.07, 6.45) is 1.60. The Morgan fingerprint density at radius 2 is 1.95 bits per heavy atom. The molecule has 0 saturated carbocycles. The highest BCUT2D eigenvalue weighted by Crippen LogP contribution is 2.37. The average Bonchev–Trinajstić information content (AvgIpc) is 2.45. The van der Waals surface area contributed by atoms with Crippen molar-refractivity contribution >= 4 is 44.3 Å². The third-order valence-corrected chi connectivity index (χ3v) is 5.03. The number of nitrogens with two attached hydrogens (primary N) is 1. The minimum absolute atomic E-state index is 0.786. The van der Waals surface area contributed by atoms with Crippen molar-refractivity contribution in [1.82, 2.24) is 9.97 Å². The summed E-state index contributed by atoms with van der Waals surface area (Å²) in [5.41, 5.74) is 8.71. The molecule has 0 saturated heterocycles. The summed E-state index contributed by atoms with van der Waals surface area (Å²) in [6.45, 7) is 2.00. The Hall–Kier alpha value is -1.59. The minimum atomic E-state index is 0.786.